The summed E-state index contributed by atoms with van der Waals surface area (Å²) in [5, 5.41) is 20.5. The SMILES string of the molecule is C/C=C(/C)C(=O)O[C@H]1CC[C@]2(C)CC(=O)C(C(C)(C)OO)=C[C@H]2[C@]1(C)O. The summed E-state index contributed by atoms with van der Waals surface area (Å²) in [6, 6.07) is 0. The smallest absolute Gasteiger partial charge is 0.333 e. The van der Waals surface area contributed by atoms with Gasteiger partial charge < -0.3 is 9.84 Å². The van der Waals surface area contributed by atoms with Gasteiger partial charge in [0.25, 0.3) is 0 Å². The van der Waals surface area contributed by atoms with E-state index in [2.05, 4.69) is 4.89 Å². The van der Waals surface area contributed by atoms with E-state index >= 15 is 0 Å². The predicted octanol–water partition coefficient (Wildman–Crippen LogP) is 3.20. The molecule has 146 valence electrons. The average molecular weight is 366 g/mol. The van der Waals surface area contributed by atoms with Gasteiger partial charge in [0.1, 0.15) is 17.3 Å². The first-order valence-corrected chi connectivity index (χ1v) is 9.03. The first-order chi connectivity index (χ1) is 11.9. The minimum atomic E-state index is -1.34. The Morgan fingerprint density at radius 1 is 1.38 bits per heavy atom. The molecule has 26 heavy (non-hydrogen) atoms. The number of aliphatic hydroxyl groups is 1. The van der Waals surface area contributed by atoms with Crippen molar-refractivity contribution in [3.05, 3.63) is 23.3 Å². The number of ether oxygens (including phenoxy) is 1. The zero-order chi connectivity index (χ0) is 19.9. The molecule has 0 saturated heterocycles. The molecule has 4 atom stereocenters. The first kappa shape index (κ1) is 20.8. The van der Waals surface area contributed by atoms with Crippen LogP contribution in [0.4, 0.5) is 0 Å². The lowest BCUT2D eigenvalue weighted by Gasteiger charge is -2.53. The highest BCUT2D eigenvalue weighted by molar-refractivity contribution is 5.98. The van der Waals surface area contributed by atoms with Crippen molar-refractivity contribution < 1.29 is 29.6 Å². The van der Waals surface area contributed by atoms with E-state index in [1.54, 1.807) is 46.8 Å². The van der Waals surface area contributed by atoms with E-state index in [0.717, 1.165) is 0 Å². The normalized spacial score (nSPS) is 35.6. The minimum Gasteiger partial charge on any atom is -0.456 e. The van der Waals surface area contributed by atoms with Gasteiger partial charge in [-0.25, -0.2) is 9.68 Å². The molecule has 0 aromatic heterocycles. The molecule has 2 aliphatic rings. The molecule has 0 unspecified atom stereocenters. The standard InChI is InChI=1S/C20H30O6/c1-7-12(2)17(22)25-16-8-9-19(5)11-14(21)13(18(3,4)26-24)10-15(19)20(16,6)23/h7,10,15-16,23-24H,8-9,11H2,1-6H3/b12-7-/t15-,16+,19-,20+/m1/s1. The lowest BCUT2D eigenvalue weighted by atomic mass is 9.54. The molecule has 0 spiro atoms. The molecular weight excluding hydrogens is 336 g/mol. The van der Waals surface area contributed by atoms with Crippen molar-refractivity contribution in [2.75, 3.05) is 0 Å². The number of rotatable bonds is 4. The lowest BCUT2D eigenvalue weighted by molar-refractivity contribution is -0.300. The van der Waals surface area contributed by atoms with Gasteiger partial charge in [-0.15, -0.1) is 0 Å². The molecule has 1 fully saturated rings. The monoisotopic (exact) mass is 366 g/mol. The number of ketones is 1. The van der Waals surface area contributed by atoms with Crippen LogP contribution in [0.3, 0.4) is 0 Å². The van der Waals surface area contributed by atoms with Gasteiger partial charge in [0.15, 0.2) is 5.78 Å². The molecule has 6 heteroatoms. The van der Waals surface area contributed by atoms with Gasteiger partial charge in [-0.05, 0) is 52.9 Å². The van der Waals surface area contributed by atoms with Crippen LogP contribution in [-0.4, -0.2) is 39.4 Å². The molecule has 2 N–H and O–H groups in total. The van der Waals surface area contributed by atoms with Crippen LogP contribution in [-0.2, 0) is 19.2 Å². The summed E-state index contributed by atoms with van der Waals surface area (Å²) in [6.45, 7) is 10.2. The maximum Gasteiger partial charge on any atom is 0.333 e. The van der Waals surface area contributed by atoms with Crippen molar-refractivity contribution in [3.63, 3.8) is 0 Å². The third-order valence-electron chi connectivity index (χ3n) is 6.09. The van der Waals surface area contributed by atoms with Gasteiger partial charge in [0.05, 0.1) is 0 Å². The van der Waals surface area contributed by atoms with Crippen LogP contribution in [0.25, 0.3) is 0 Å². The van der Waals surface area contributed by atoms with E-state index < -0.39 is 34.6 Å². The molecule has 0 bridgehead atoms. The minimum absolute atomic E-state index is 0.0983. The van der Waals surface area contributed by atoms with E-state index in [1.165, 1.54) is 0 Å². The number of carbonyl (C=O) groups excluding carboxylic acids is 2. The maximum absolute atomic E-state index is 12.6. The second-order valence-electron chi connectivity index (χ2n) is 8.54. The van der Waals surface area contributed by atoms with Crippen molar-refractivity contribution in [2.45, 2.75) is 78.1 Å². The van der Waals surface area contributed by atoms with Gasteiger partial charge in [0.2, 0.25) is 0 Å². The van der Waals surface area contributed by atoms with E-state index in [-0.39, 0.29) is 12.2 Å². The summed E-state index contributed by atoms with van der Waals surface area (Å²) < 4.78 is 5.58. The van der Waals surface area contributed by atoms with Crippen LogP contribution in [0, 0.1) is 11.3 Å². The Kier molecular flexibility index (Phi) is 5.53. The zero-order valence-electron chi connectivity index (χ0n) is 16.5. The Morgan fingerprint density at radius 2 is 2.00 bits per heavy atom. The second-order valence-corrected chi connectivity index (χ2v) is 8.54. The molecule has 0 aliphatic heterocycles. The van der Waals surface area contributed by atoms with Crippen LogP contribution in [0.1, 0.15) is 60.8 Å². The highest BCUT2D eigenvalue weighted by Crippen LogP contribution is 2.54. The van der Waals surface area contributed by atoms with Gasteiger partial charge >= 0.3 is 5.97 Å². The Balaban J connectivity index is 2.41. The maximum atomic E-state index is 12.6. The van der Waals surface area contributed by atoms with Gasteiger partial charge in [-0.1, -0.05) is 19.1 Å². The quantitative estimate of drug-likeness (QED) is 0.343. The first-order valence-electron chi connectivity index (χ1n) is 9.03. The average Bonchev–Trinajstić information content (AvgIpc) is 2.55. The number of hydrogen-bond donors (Lipinski definition) is 2. The number of Topliss-reactive ketones (excluding diaryl/α,β-unsaturated/α-hetero) is 1. The molecule has 2 rings (SSSR count). The summed E-state index contributed by atoms with van der Waals surface area (Å²) in [7, 11) is 0. The highest BCUT2D eigenvalue weighted by atomic mass is 17.1. The molecule has 0 aromatic rings. The Bertz CT molecular complexity index is 657. The fraction of sp³-hybridized carbons (Fsp3) is 0.700. The largest absolute Gasteiger partial charge is 0.456 e. The fourth-order valence-electron chi connectivity index (χ4n) is 4.21. The van der Waals surface area contributed by atoms with Crippen LogP contribution in [0.15, 0.2) is 23.3 Å². The number of esters is 1. The highest BCUT2D eigenvalue weighted by Gasteiger charge is 2.57. The molecule has 0 amide bonds. The molecule has 0 heterocycles. The van der Waals surface area contributed by atoms with Gasteiger partial charge in [-0.2, -0.15) is 0 Å². The lowest BCUT2D eigenvalue weighted by Crippen LogP contribution is -2.59. The molecule has 6 nitrogen and oxygen atoms in total. The summed E-state index contributed by atoms with van der Waals surface area (Å²) in [4.78, 5) is 29.3. The molecule has 1 saturated carbocycles. The Hall–Kier alpha value is -1.50. The summed E-state index contributed by atoms with van der Waals surface area (Å²) in [5.74, 6) is -0.954. The number of allylic oxidation sites excluding steroid dienone is 1. The van der Waals surface area contributed by atoms with Crippen LogP contribution >= 0.6 is 0 Å². The number of hydrogen-bond acceptors (Lipinski definition) is 6. The zero-order valence-corrected chi connectivity index (χ0v) is 16.5. The summed E-state index contributed by atoms with van der Waals surface area (Å²) in [6.07, 6.45) is 4.08. The second kappa shape index (κ2) is 6.91. The van der Waals surface area contributed by atoms with Crippen molar-refractivity contribution in [2.24, 2.45) is 11.3 Å². The Labute approximate surface area is 154 Å². The van der Waals surface area contributed by atoms with E-state index in [4.69, 9.17) is 4.74 Å². The van der Waals surface area contributed by atoms with Crippen molar-refractivity contribution >= 4 is 11.8 Å². The third-order valence-corrected chi connectivity index (χ3v) is 6.09. The number of carbonyl (C=O) groups is 2. The van der Waals surface area contributed by atoms with Crippen LogP contribution in [0.2, 0.25) is 0 Å². The van der Waals surface area contributed by atoms with Crippen LogP contribution in [0.5, 0.6) is 0 Å². The topological polar surface area (TPSA) is 93.1 Å². The van der Waals surface area contributed by atoms with Crippen molar-refractivity contribution in [1.29, 1.82) is 0 Å². The van der Waals surface area contributed by atoms with Crippen molar-refractivity contribution in [1.82, 2.24) is 0 Å². The molecular formula is C20H30O6. The van der Waals surface area contributed by atoms with E-state index in [9.17, 15) is 20.0 Å². The van der Waals surface area contributed by atoms with Crippen LogP contribution < -0.4 is 0 Å². The third kappa shape index (κ3) is 3.50. The molecule has 0 aromatic carbocycles. The fourth-order valence-corrected chi connectivity index (χ4v) is 4.21. The summed E-state index contributed by atoms with van der Waals surface area (Å²) in [5.41, 5.74) is -2.12. The predicted molar refractivity (Wildman–Crippen MR) is 96.3 cm³/mol. The number of fused-ring (bicyclic) bond motifs is 1. The van der Waals surface area contributed by atoms with Gasteiger partial charge in [-0.3, -0.25) is 10.1 Å². The van der Waals surface area contributed by atoms with Gasteiger partial charge in [0, 0.05) is 23.5 Å². The Morgan fingerprint density at radius 3 is 2.54 bits per heavy atom. The molecule has 0 radical (unpaired) electrons. The van der Waals surface area contributed by atoms with E-state index in [1.807, 2.05) is 6.92 Å². The van der Waals surface area contributed by atoms with Crippen molar-refractivity contribution in [3.8, 4) is 0 Å². The van der Waals surface area contributed by atoms with E-state index in [0.29, 0.717) is 24.0 Å². The summed E-state index contributed by atoms with van der Waals surface area (Å²) >= 11 is 0. The molecule has 2 aliphatic carbocycles.